The monoisotopic (exact) mass is 472 g/mol. The molecule has 0 amide bonds. The lowest BCUT2D eigenvalue weighted by molar-refractivity contribution is 0.0982. The highest BCUT2D eigenvalue weighted by atomic mass is 127. The van der Waals surface area contributed by atoms with E-state index in [9.17, 15) is 4.21 Å². The second-order valence-electron chi connectivity index (χ2n) is 7.87. The van der Waals surface area contributed by atoms with E-state index in [0.29, 0.717) is 12.3 Å². The van der Waals surface area contributed by atoms with Crippen molar-refractivity contribution in [2.75, 3.05) is 39.0 Å². The third kappa shape index (κ3) is 8.47. The first kappa shape index (κ1) is 24.1. The normalized spacial score (nSPS) is 18.7. The van der Waals surface area contributed by atoms with Gasteiger partial charge >= 0.3 is 0 Å². The van der Waals surface area contributed by atoms with Crippen LogP contribution in [0.5, 0.6) is 0 Å². The van der Waals surface area contributed by atoms with E-state index >= 15 is 0 Å². The molecule has 0 aromatic rings. The topological polar surface area (TPSA) is 56.7 Å². The molecule has 2 N–H and O–H groups in total. The Kier molecular flexibility index (Phi) is 11.0. The van der Waals surface area contributed by atoms with E-state index in [1.165, 1.54) is 32.4 Å². The van der Waals surface area contributed by atoms with Gasteiger partial charge in [-0.25, -0.2) is 0 Å². The Morgan fingerprint density at radius 1 is 1.08 bits per heavy atom. The first-order chi connectivity index (χ1) is 10.7. The van der Waals surface area contributed by atoms with Crippen LogP contribution in [0.2, 0.25) is 0 Å². The molecule has 1 heterocycles. The minimum Gasteiger partial charge on any atom is -0.355 e. The molecule has 1 unspecified atom stereocenters. The molecule has 0 aromatic carbocycles. The van der Waals surface area contributed by atoms with Gasteiger partial charge in [-0.1, -0.05) is 6.42 Å². The fourth-order valence-electron chi connectivity index (χ4n) is 2.70. The van der Waals surface area contributed by atoms with Crippen LogP contribution in [-0.4, -0.2) is 64.3 Å². The highest BCUT2D eigenvalue weighted by Crippen LogP contribution is 2.19. The van der Waals surface area contributed by atoms with Crippen molar-refractivity contribution in [3.8, 4) is 0 Å². The zero-order chi connectivity index (χ0) is 17.5. The predicted molar refractivity (Wildman–Crippen MR) is 117 cm³/mol. The highest BCUT2D eigenvalue weighted by molar-refractivity contribution is 14.0. The van der Waals surface area contributed by atoms with E-state index in [1.807, 2.05) is 20.8 Å². The molecule has 1 atom stereocenters. The molecule has 0 aromatic heterocycles. The summed E-state index contributed by atoms with van der Waals surface area (Å²) in [5.74, 6) is 1.43. The minimum absolute atomic E-state index is 0. The van der Waals surface area contributed by atoms with Crippen LogP contribution in [0.15, 0.2) is 4.99 Å². The molecule has 0 saturated carbocycles. The second-order valence-corrected chi connectivity index (χ2v) is 10.2. The number of aliphatic imine (C=N–C) groups is 1. The van der Waals surface area contributed by atoms with Gasteiger partial charge in [0.2, 0.25) is 0 Å². The molecule has 1 rings (SSSR count). The second kappa shape index (κ2) is 11.0. The van der Waals surface area contributed by atoms with Crippen LogP contribution in [0.25, 0.3) is 0 Å². The van der Waals surface area contributed by atoms with E-state index in [2.05, 4.69) is 34.4 Å². The predicted octanol–water partition coefficient (Wildman–Crippen LogP) is 2.58. The van der Waals surface area contributed by atoms with Gasteiger partial charge in [0.25, 0.3) is 0 Å². The van der Waals surface area contributed by atoms with Crippen molar-refractivity contribution < 1.29 is 4.21 Å². The molecule has 1 saturated heterocycles. The number of guanidine groups is 1. The van der Waals surface area contributed by atoms with E-state index in [0.717, 1.165) is 12.5 Å². The molecule has 5 nitrogen and oxygen atoms in total. The molecule has 144 valence electrons. The maximum Gasteiger partial charge on any atom is 0.191 e. The fourth-order valence-corrected chi connectivity index (χ4v) is 3.60. The van der Waals surface area contributed by atoms with E-state index < -0.39 is 10.8 Å². The van der Waals surface area contributed by atoms with Crippen LogP contribution >= 0.6 is 24.0 Å². The lowest BCUT2D eigenvalue weighted by Crippen LogP contribution is -2.55. The third-order valence-corrected chi connectivity index (χ3v) is 6.33. The fraction of sp³-hybridized carbons (Fsp3) is 0.941. The summed E-state index contributed by atoms with van der Waals surface area (Å²) in [7, 11) is 0.948. The molecule has 1 fully saturated rings. The maximum absolute atomic E-state index is 12.1. The van der Waals surface area contributed by atoms with Crippen LogP contribution < -0.4 is 10.6 Å². The van der Waals surface area contributed by atoms with Gasteiger partial charge in [0.05, 0.1) is 0 Å². The number of nitrogens with zero attached hydrogens (tertiary/aromatic N) is 2. The molecular weight excluding hydrogens is 435 g/mol. The Labute approximate surface area is 168 Å². The van der Waals surface area contributed by atoms with Gasteiger partial charge in [-0.2, -0.15) is 0 Å². The molecule has 7 heteroatoms. The zero-order valence-electron chi connectivity index (χ0n) is 16.3. The SMILES string of the molecule is CN=C(NCCS(=O)C(C)(C)C)NCC(C)(C)N1CCCCC1.I. The molecule has 24 heavy (non-hydrogen) atoms. The Morgan fingerprint density at radius 3 is 2.17 bits per heavy atom. The molecule has 0 spiro atoms. The summed E-state index contributed by atoms with van der Waals surface area (Å²) in [4.78, 5) is 6.83. The molecule has 0 aliphatic carbocycles. The molecular formula is C17H37IN4OS. The van der Waals surface area contributed by atoms with Crippen LogP contribution in [0.4, 0.5) is 0 Å². The Morgan fingerprint density at radius 2 is 1.67 bits per heavy atom. The Hall–Kier alpha value is 0.110. The van der Waals surface area contributed by atoms with Crippen molar-refractivity contribution >= 4 is 40.7 Å². The Balaban J connectivity index is 0.00000529. The lowest BCUT2D eigenvalue weighted by Gasteiger charge is -2.41. The molecule has 1 aliphatic rings. The van der Waals surface area contributed by atoms with Gasteiger partial charge < -0.3 is 10.6 Å². The average molecular weight is 472 g/mol. The number of nitrogens with one attached hydrogen (secondary N) is 2. The van der Waals surface area contributed by atoms with E-state index in [1.54, 1.807) is 7.05 Å². The first-order valence-corrected chi connectivity index (χ1v) is 10.1. The van der Waals surface area contributed by atoms with Crippen LogP contribution in [-0.2, 0) is 10.8 Å². The summed E-state index contributed by atoms with van der Waals surface area (Å²) in [6.07, 6.45) is 3.96. The number of hydrogen-bond donors (Lipinski definition) is 2. The standard InChI is InChI=1S/C17H36N4OS.HI/c1-16(2,3)23(22)13-10-19-15(18-6)20-14-17(4,5)21-11-8-7-9-12-21;/h7-14H2,1-6H3,(H2,18,19,20);1H. The van der Waals surface area contributed by atoms with Gasteiger partial charge in [0, 0.05) is 47.0 Å². The minimum atomic E-state index is -0.834. The smallest absolute Gasteiger partial charge is 0.191 e. The van der Waals surface area contributed by atoms with Gasteiger partial charge in [0.1, 0.15) is 0 Å². The zero-order valence-corrected chi connectivity index (χ0v) is 19.4. The molecule has 0 bridgehead atoms. The van der Waals surface area contributed by atoms with Gasteiger partial charge in [-0.05, 0) is 60.5 Å². The number of piperidine rings is 1. The quantitative estimate of drug-likeness (QED) is 0.355. The van der Waals surface area contributed by atoms with Crippen molar-refractivity contribution in [1.82, 2.24) is 15.5 Å². The number of rotatable bonds is 6. The number of likely N-dealkylation sites (tertiary alicyclic amines) is 1. The largest absolute Gasteiger partial charge is 0.355 e. The Bertz CT molecular complexity index is 415. The van der Waals surface area contributed by atoms with Crippen molar-refractivity contribution in [3.05, 3.63) is 0 Å². The summed E-state index contributed by atoms with van der Waals surface area (Å²) in [6, 6.07) is 0. The number of hydrogen-bond acceptors (Lipinski definition) is 3. The lowest BCUT2D eigenvalue weighted by atomic mass is 9.98. The van der Waals surface area contributed by atoms with E-state index in [4.69, 9.17) is 0 Å². The third-order valence-electron chi connectivity index (χ3n) is 4.39. The van der Waals surface area contributed by atoms with Crippen molar-refractivity contribution in [2.45, 2.75) is 64.2 Å². The summed E-state index contributed by atoms with van der Waals surface area (Å²) < 4.78 is 11.9. The van der Waals surface area contributed by atoms with Crippen LogP contribution in [0, 0.1) is 0 Å². The van der Waals surface area contributed by atoms with Gasteiger partial charge in [-0.3, -0.25) is 14.1 Å². The molecule has 1 aliphatic heterocycles. The van der Waals surface area contributed by atoms with Gasteiger partial charge in [0.15, 0.2) is 5.96 Å². The van der Waals surface area contributed by atoms with Crippen LogP contribution in [0.3, 0.4) is 0 Å². The van der Waals surface area contributed by atoms with Gasteiger partial charge in [-0.15, -0.1) is 24.0 Å². The maximum atomic E-state index is 12.1. The average Bonchev–Trinajstić information content (AvgIpc) is 2.50. The summed E-state index contributed by atoms with van der Waals surface area (Å²) in [6.45, 7) is 14.5. The summed E-state index contributed by atoms with van der Waals surface area (Å²) in [5, 5.41) is 6.69. The highest BCUT2D eigenvalue weighted by Gasteiger charge is 2.28. The van der Waals surface area contributed by atoms with Crippen LogP contribution in [0.1, 0.15) is 53.9 Å². The van der Waals surface area contributed by atoms with Crippen molar-refractivity contribution in [1.29, 1.82) is 0 Å². The van der Waals surface area contributed by atoms with Crippen molar-refractivity contribution in [2.24, 2.45) is 4.99 Å². The molecule has 0 radical (unpaired) electrons. The van der Waals surface area contributed by atoms with E-state index in [-0.39, 0.29) is 34.3 Å². The summed E-state index contributed by atoms with van der Waals surface area (Å²) in [5.41, 5.74) is 0.117. The first-order valence-electron chi connectivity index (χ1n) is 8.75. The number of halogens is 1. The van der Waals surface area contributed by atoms with Crippen molar-refractivity contribution in [3.63, 3.8) is 0 Å². The summed E-state index contributed by atoms with van der Waals surface area (Å²) >= 11 is 0.